The largest absolute Gasteiger partial charge is 0.357 e. The molecule has 0 aromatic heterocycles. The number of rotatable bonds is 4. The van der Waals surface area contributed by atoms with Crippen LogP contribution in [0, 0.1) is 5.41 Å². The second kappa shape index (κ2) is 9.69. The van der Waals surface area contributed by atoms with E-state index in [2.05, 4.69) is 29.4 Å². The highest BCUT2D eigenvalue weighted by atomic mass is 35.5. The molecular weight excluding hydrogens is 458 g/mol. The molecule has 184 valence electrons. The summed E-state index contributed by atoms with van der Waals surface area (Å²) < 4.78 is 0. The zero-order valence-electron chi connectivity index (χ0n) is 20.6. The number of fused-ring (bicyclic) bond motifs is 1. The monoisotopic (exact) mass is 491 g/mol. The molecule has 1 aliphatic heterocycles. The number of hydrogen-bond acceptors (Lipinski definition) is 4. The summed E-state index contributed by atoms with van der Waals surface area (Å²) in [6, 6.07) is 15.6. The molecule has 0 unspecified atom stereocenters. The quantitative estimate of drug-likeness (QED) is 0.519. The number of carbonyl (C=O) groups excluding carboxylic acids is 2. The van der Waals surface area contributed by atoms with Crippen LogP contribution in [0.1, 0.15) is 70.4 Å². The third-order valence-electron chi connectivity index (χ3n) is 7.47. The Morgan fingerprint density at radius 3 is 2.51 bits per heavy atom. The van der Waals surface area contributed by atoms with Crippen LogP contribution in [0.15, 0.2) is 59.8 Å². The van der Waals surface area contributed by atoms with Crippen molar-refractivity contribution in [1.29, 1.82) is 0 Å². The van der Waals surface area contributed by atoms with Crippen LogP contribution in [0.4, 0.5) is 11.4 Å². The Hall–Kier alpha value is -2.79. The Morgan fingerprint density at radius 1 is 1.06 bits per heavy atom. The topological polar surface area (TPSA) is 61.4 Å². The molecule has 0 radical (unpaired) electrons. The highest BCUT2D eigenvalue weighted by molar-refractivity contribution is 6.30. The number of carbonyl (C=O) groups is 2. The smallest absolute Gasteiger partial charge is 0.239 e. The molecule has 1 fully saturated rings. The molecule has 0 saturated heterocycles. The van der Waals surface area contributed by atoms with E-state index < -0.39 is 0 Å². The molecule has 2 aromatic carbocycles. The molecule has 5 nitrogen and oxygen atoms in total. The maximum atomic E-state index is 13.7. The van der Waals surface area contributed by atoms with E-state index >= 15 is 0 Å². The van der Waals surface area contributed by atoms with Crippen molar-refractivity contribution in [1.82, 2.24) is 5.32 Å². The van der Waals surface area contributed by atoms with Crippen molar-refractivity contribution in [3.63, 3.8) is 0 Å². The molecule has 0 bridgehead atoms. The van der Waals surface area contributed by atoms with Crippen LogP contribution in [0.5, 0.6) is 0 Å². The van der Waals surface area contributed by atoms with Crippen LogP contribution in [0.3, 0.4) is 0 Å². The molecule has 5 rings (SSSR count). The van der Waals surface area contributed by atoms with Crippen molar-refractivity contribution in [2.24, 2.45) is 5.41 Å². The number of anilines is 2. The van der Waals surface area contributed by atoms with Gasteiger partial charge in [-0.1, -0.05) is 69.0 Å². The van der Waals surface area contributed by atoms with Crippen molar-refractivity contribution in [2.75, 3.05) is 16.8 Å². The SMILES string of the molecule is CC1(C)CC(=O)C2=C(C1)Nc1ccccc1N(CC(=O)NC1CCCCC1)[C@H]2c1ccc(Cl)cc1. The number of ketones is 1. The first-order chi connectivity index (χ1) is 16.8. The fourth-order valence-corrected chi connectivity index (χ4v) is 6.02. The first kappa shape index (κ1) is 23.9. The van der Waals surface area contributed by atoms with Gasteiger partial charge in [-0.05, 0) is 54.5 Å². The molecular formula is C29H34ClN3O2. The lowest BCUT2D eigenvalue weighted by Gasteiger charge is -2.38. The molecule has 1 atom stereocenters. The average molecular weight is 492 g/mol. The molecule has 35 heavy (non-hydrogen) atoms. The lowest BCUT2D eigenvalue weighted by Crippen LogP contribution is -2.45. The van der Waals surface area contributed by atoms with Gasteiger partial charge in [-0.25, -0.2) is 0 Å². The number of allylic oxidation sites excluding steroid dienone is 1. The molecule has 1 heterocycles. The van der Waals surface area contributed by atoms with Gasteiger partial charge in [-0.15, -0.1) is 0 Å². The highest BCUT2D eigenvalue weighted by Gasteiger charge is 2.42. The minimum absolute atomic E-state index is 0.00157. The third-order valence-corrected chi connectivity index (χ3v) is 7.73. The lowest BCUT2D eigenvalue weighted by molar-refractivity contribution is -0.121. The van der Waals surface area contributed by atoms with Gasteiger partial charge < -0.3 is 15.5 Å². The van der Waals surface area contributed by atoms with Gasteiger partial charge in [0.15, 0.2) is 5.78 Å². The lowest BCUT2D eigenvalue weighted by atomic mass is 9.73. The molecule has 6 heteroatoms. The summed E-state index contributed by atoms with van der Waals surface area (Å²) in [5.74, 6) is 0.132. The number of hydrogen-bond donors (Lipinski definition) is 2. The van der Waals surface area contributed by atoms with Crippen LogP contribution < -0.4 is 15.5 Å². The van der Waals surface area contributed by atoms with Crippen LogP contribution in [0.2, 0.25) is 5.02 Å². The predicted molar refractivity (Wildman–Crippen MR) is 142 cm³/mol. The molecule has 2 N–H and O–H groups in total. The Kier molecular flexibility index (Phi) is 6.63. The van der Waals surface area contributed by atoms with E-state index in [1.807, 2.05) is 48.5 Å². The Morgan fingerprint density at radius 2 is 1.77 bits per heavy atom. The van der Waals surface area contributed by atoms with Crippen molar-refractivity contribution in [2.45, 2.75) is 70.9 Å². The van der Waals surface area contributed by atoms with E-state index in [-0.39, 0.29) is 35.7 Å². The molecule has 2 aromatic rings. The van der Waals surface area contributed by atoms with Gasteiger partial charge in [0.05, 0.1) is 24.0 Å². The zero-order valence-corrected chi connectivity index (χ0v) is 21.3. The summed E-state index contributed by atoms with van der Waals surface area (Å²) in [6.07, 6.45) is 6.89. The summed E-state index contributed by atoms with van der Waals surface area (Å²) in [4.78, 5) is 29.2. The zero-order chi connectivity index (χ0) is 24.6. The first-order valence-electron chi connectivity index (χ1n) is 12.7. The van der Waals surface area contributed by atoms with Crippen molar-refractivity contribution in [3.05, 3.63) is 70.4 Å². The van der Waals surface area contributed by atoms with Gasteiger partial charge in [0.25, 0.3) is 0 Å². The maximum absolute atomic E-state index is 13.7. The fourth-order valence-electron chi connectivity index (χ4n) is 5.89. The van der Waals surface area contributed by atoms with E-state index in [9.17, 15) is 9.59 Å². The molecule has 1 amide bonds. The highest BCUT2D eigenvalue weighted by Crippen LogP contribution is 2.48. The van der Waals surface area contributed by atoms with Gasteiger partial charge in [0.2, 0.25) is 5.91 Å². The van der Waals surface area contributed by atoms with Gasteiger partial charge in [-0.3, -0.25) is 9.59 Å². The number of amides is 1. The van der Waals surface area contributed by atoms with Crippen molar-refractivity contribution >= 4 is 34.7 Å². The second-order valence-electron chi connectivity index (χ2n) is 11.0. The van der Waals surface area contributed by atoms with E-state index in [0.717, 1.165) is 60.3 Å². The normalized spacial score (nSPS) is 22.1. The van der Waals surface area contributed by atoms with E-state index in [0.29, 0.717) is 11.4 Å². The van der Waals surface area contributed by atoms with Crippen LogP contribution >= 0.6 is 11.6 Å². The number of halogens is 1. The summed E-state index contributed by atoms with van der Waals surface area (Å²) in [6.45, 7) is 4.45. The average Bonchev–Trinajstić information content (AvgIpc) is 2.94. The summed E-state index contributed by atoms with van der Waals surface area (Å²) >= 11 is 6.23. The molecule has 0 spiro atoms. The Labute approximate surface area is 212 Å². The maximum Gasteiger partial charge on any atom is 0.239 e. The van der Waals surface area contributed by atoms with E-state index in [4.69, 9.17) is 11.6 Å². The molecule has 3 aliphatic rings. The summed E-state index contributed by atoms with van der Waals surface area (Å²) in [5.41, 5.74) is 4.38. The fraction of sp³-hybridized carbons (Fsp3) is 0.448. The number of Topliss-reactive ketones (excluding diaryl/α,β-unsaturated/α-hetero) is 1. The van der Waals surface area contributed by atoms with Gasteiger partial charge in [0, 0.05) is 28.8 Å². The minimum atomic E-state index is -0.376. The van der Waals surface area contributed by atoms with Gasteiger partial charge in [-0.2, -0.15) is 0 Å². The Balaban J connectivity index is 1.60. The van der Waals surface area contributed by atoms with Crippen LogP contribution in [-0.4, -0.2) is 24.3 Å². The first-order valence-corrected chi connectivity index (χ1v) is 13.1. The van der Waals surface area contributed by atoms with E-state index in [1.54, 1.807) is 0 Å². The number of para-hydroxylation sites is 2. The molecule has 2 aliphatic carbocycles. The Bertz CT molecular complexity index is 1150. The predicted octanol–water partition coefficient (Wildman–Crippen LogP) is 6.41. The van der Waals surface area contributed by atoms with Crippen LogP contribution in [-0.2, 0) is 9.59 Å². The minimum Gasteiger partial charge on any atom is -0.357 e. The van der Waals surface area contributed by atoms with Gasteiger partial charge >= 0.3 is 0 Å². The van der Waals surface area contributed by atoms with Crippen LogP contribution in [0.25, 0.3) is 0 Å². The van der Waals surface area contributed by atoms with Gasteiger partial charge in [0.1, 0.15) is 0 Å². The number of benzene rings is 2. The molecule has 1 saturated carbocycles. The second-order valence-corrected chi connectivity index (χ2v) is 11.4. The third kappa shape index (κ3) is 5.11. The number of nitrogens with one attached hydrogen (secondary N) is 2. The van der Waals surface area contributed by atoms with Crippen molar-refractivity contribution < 1.29 is 9.59 Å². The summed E-state index contributed by atoms with van der Waals surface area (Å²) in [5, 5.41) is 7.52. The summed E-state index contributed by atoms with van der Waals surface area (Å²) in [7, 11) is 0. The number of nitrogens with zero attached hydrogens (tertiary/aromatic N) is 1. The van der Waals surface area contributed by atoms with Crippen molar-refractivity contribution in [3.8, 4) is 0 Å². The van der Waals surface area contributed by atoms with E-state index in [1.165, 1.54) is 6.42 Å². The standard InChI is InChI=1S/C29H34ClN3O2/c1-29(2)16-23-27(25(34)17-29)28(19-12-14-20(30)15-13-19)33(24-11-7-6-10-22(24)32-23)18-26(35)31-21-8-4-3-5-9-21/h6-7,10-15,21,28,32H,3-5,8-9,16-18H2,1-2H3,(H,31,35)/t28-/m0/s1.